The fraction of sp³-hybridized carbons (Fsp3) is 0.278. The van der Waals surface area contributed by atoms with E-state index in [4.69, 9.17) is 16.3 Å². The molecule has 1 aliphatic heterocycles. The van der Waals surface area contributed by atoms with E-state index in [1.165, 1.54) is 0 Å². The van der Waals surface area contributed by atoms with Gasteiger partial charge in [0, 0.05) is 25.3 Å². The molecule has 0 spiro atoms. The van der Waals surface area contributed by atoms with Gasteiger partial charge in [-0.3, -0.25) is 0 Å². The number of benzene rings is 2. The van der Waals surface area contributed by atoms with Crippen LogP contribution in [0.3, 0.4) is 0 Å². The molecule has 5 nitrogen and oxygen atoms in total. The number of nitrogens with one attached hydrogen (secondary N) is 2. The summed E-state index contributed by atoms with van der Waals surface area (Å²) in [7, 11) is 0. The van der Waals surface area contributed by atoms with Crippen molar-refractivity contribution < 1.29 is 9.53 Å². The minimum Gasteiger partial charge on any atom is -0.378 e. The number of ether oxygens (including phenoxy) is 1. The number of nitrogens with zero attached hydrogens (tertiary/aromatic N) is 1. The first kappa shape index (κ1) is 16.6. The van der Waals surface area contributed by atoms with Gasteiger partial charge in [-0.1, -0.05) is 41.9 Å². The standard InChI is InChI=1S/C18H20ClN3O2/c19-16-7-6-15(22-8-10-24-11-9-22)12-17(16)21-18(23)20-13-14-4-2-1-3-5-14/h1-7,12H,8-11,13H2,(H2,20,21,23). The van der Waals surface area contributed by atoms with Crippen LogP contribution >= 0.6 is 11.6 Å². The summed E-state index contributed by atoms with van der Waals surface area (Å²) in [5.41, 5.74) is 2.67. The van der Waals surface area contributed by atoms with Crippen molar-refractivity contribution in [2.45, 2.75) is 6.54 Å². The molecule has 2 N–H and O–H groups in total. The van der Waals surface area contributed by atoms with E-state index >= 15 is 0 Å². The Kier molecular flexibility index (Phi) is 5.56. The third kappa shape index (κ3) is 4.40. The first-order valence-electron chi connectivity index (χ1n) is 7.93. The van der Waals surface area contributed by atoms with Crippen LogP contribution in [0.2, 0.25) is 5.02 Å². The van der Waals surface area contributed by atoms with Crippen molar-refractivity contribution >= 4 is 29.0 Å². The topological polar surface area (TPSA) is 53.6 Å². The van der Waals surface area contributed by atoms with Gasteiger partial charge in [0.1, 0.15) is 0 Å². The summed E-state index contributed by atoms with van der Waals surface area (Å²) in [6.45, 7) is 3.56. The fourth-order valence-electron chi connectivity index (χ4n) is 2.57. The van der Waals surface area contributed by atoms with Gasteiger partial charge in [0.05, 0.1) is 23.9 Å². The Morgan fingerprint density at radius 2 is 1.88 bits per heavy atom. The quantitative estimate of drug-likeness (QED) is 0.891. The lowest BCUT2D eigenvalue weighted by Crippen LogP contribution is -2.36. The largest absolute Gasteiger partial charge is 0.378 e. The van der Waals surface area contributed by atoms with Gasteiger partial charge in [-0.25, -0.2) is 4.79 Å². The Labute approximate surface area is 146 Å². The first-order valence-corrected chi connectivity index (χ1v) is 8.31. The van der Waals surface area contributed by atoms with E-state index in [0.717, 1.165) is 24.3 Å². The highest BCUT2D eigenvalue weighted by Gasteiger charge is 2.13. The van der Waals surface area contributed by atoms with Gasteiger partial charge in [0.25, 0.3) is 0 Å². The molecule has 0 unspecified atom stereocenters. The molecule has 0 atom stereocenters. The van der Waals surface area contributed by atoms with Crippen LogP contribution in [0.4, 0.5) is 16.2 Å². The normalized spacial score (nSPS) is 14.3. The van der Waals surface area contributed by atoms with E-state index in [9.17, 15) is 4.79 Å². The lowest BCUT2D eigenvalue weighted by Gasteiger charge is -2.29. The summed E-state index contributed by atoms with van der Waals surface area (Å²) in [6.07, 6.45) is 0. The van der Waals surface area contributed by atoms with Gasteiger partial charge < -0.3 is 20.3 Å². The van der Waals surface area contributed by atoms with Crippen molar-refractivity contribution in [3.63, 3.8) is 0 Å². The lowest BCUT2D eigenvalue weighted by atomic mass is 10.2. The van der Waals surface area contributed by atoms with Crippen LogP contribution in [0.15, 0.2) is 48.5 Å². The molecule has 1 aliphatic rings. The highest BCUT2D eigenvalue weighted by molar-refractivity contribution is 6.33. The molecule has 3 rings (SSSR count). The summed E-state index contributed by atoms with van der Waals surface area (Å²) in [5.74, 6) is 0. The maximum atomic E-state index is 12.1. The Hall–Kier alpha value is -2.24. The van der Waals surface area contributed by atoms with Crippen LogP contribution in [-0.2, 0) is 11.3 Å². The molecular formula is C18H20ClN3O2. The number of hydrogen-bond acceptors (Lipinski definition) is 3. The van der Waals surface area contributed by atoms with E-state index in [1.807, 2.05) is 42.5 Å². The van der Waals surface area contributed by atoms with Crippen molar-refractivity contribution in [1.82, 2.24) is 5.32 Å². The maximum Gasteiger partial charge on any atom is 0.319 e. The zero-order valence-corrected chi connectivity index (χ0v) is 14.1. The number of anilines is 2. The monoisotopic (exact) mass is 345 g/mol. The summed E-state index contributed by atoms with van der Waals surface area (Å²) >= 11 is 6.21. The van der Waals surface area contributed by atoms with E-state index < -0.39 is 0 Å². The molecule has 0 bridgehead atoms. The van der Waals surface area contributed by atoms with Crippen molar-refractivity contribution in [1.29, 1.82) is 0 Å². The molecule has 2 amide bonds. The van der Waals surface area contributed by atoms with Crippen molar-refractivity contribution in [3.8, 4) is 0 Å². The van der Waals surface area contributed by atoms with E-state index in [-0.39, 0.29) is 6.03 Å². The van der Waals surface area contributed by atoms with Crippen molar-refractivity contribution in [2.75, 3.05) is 36.5 Å². The Morgan fingerprint density at radius 1 is 1.12 bits per heavy atom. The average Bonchev–Trinajstić information content (AvgIpc) is 2.63. The van der Waals surface area contributed by atoms with E-state index in [1.54, 1.807) is 6.07 Å². The smallest absolute Gasteiger partial charge is 0.319 e. The summed E-state index contributed by atoms with van der Waals surface area (Å²) in [6, 6.07) is 15.1. The van der Waals surface area contributed by atoms with Crippen LogP contribution in [0.1, 0.15) is 5.56 Å². The van der Waals surface area contributed by atoms with Gasteiger partial charge in [-0.2, -0.15) is 0 Å². The third-order valence-corrected chi connectivity index (χ3v) is 4.20. The van der Waals surface area contributed by atoms with E-state index in [0.29, 0.717) is 30.5 Å². The third-order valence-electron chi connectivity index (χ3n) is 3.87. The molecule has 0 aromatic heterocycles. The lowest BCUT2D eigenvalue weighted by molar-refractivity contribution is 0.122. The summed E-state index contributed by atoms with van der Waals surface area (Å²) in [4.78, 5) is 14.3. The second-order valence-electron chi connectivity index (χ2n) is 5.56. The molecular weight excluding hydrogens is 326 g/mol. The highest BCUT2D eigenvalue weighted by Crippen LogP contribution is 2.28. The van der Waals surface area contributed by atoms with Crippen LogP contribution in [0, 0.1) is 0 Å². The Morgan fingerprint density at radius 3 is 2.62 bits per heavy atom. The number of hydrogen-bond donors (Lipinski definition) is 2. The number of amides is 2. The first-order chi connectivity index (χ1) is 11.7. The Balaban J connectivity index is 1.62. The second-order valence-corrected chi connectivity index (χ2v) is 5.96. The summed E-state index contributed by atoms with van der Waals surface area (Å²) < 4.78 is 5.37. The maximum absolute atomic E-state index is 12.1. The SMILES string of the molecule is O=C(NCc1ccccc1)Nc1cc(N2CCOCC2)ccc1Cl. The predicted molar refractivity (Wildman–Crippen MR) is 96.8 cm³/mol. The van der Waals surface area contributed by atoms with Crippen LogP contribution in [-0.4, -0.2) is 32.3 Å². The number of urea groups is 1. The Bertz CT molecular complexity index is 688. The van der Waals surface area contributed by atoms with Crippen LogP contribution in [0.25, 0.3) is 0 Å². The minimum absolute atomic E-state index is 0.278. The molecule has 0 aliphatic carbocycles. The molecule has 1 heterocycles. The second kappa shape index (κ2) is 8.04. The summed E-state index contributed by atoms with van der Waals surface area (Å²) in [5, 5.41) is 6.17. The van der Waals surface area contributed by atoms with Gasteiger partial charge >= 0.3 is 6.03 Å². The molecule has 0 radical (unpaired) electrons. The molecule has 6 heteroatoms. The molecule has 24 heavy (non-hydrogen) atoms. The minimum atomic E-state index is -0.278. The number of carbonyl (C=O) groups excluding carboxylic acids is 1. The molecule has 126 valence electrons. The average molecular weight is 346 g/mol. The number of rotatable bonds is 4. The fourth-order valence-corrected chi connectivity index (χ4v) is 2.74. The van der Waals surface area contributed by atoms with Gasteiger partial charge in [0.15, 0.2) is 0 Å². The number of halogens is 1. The van der Waals surface area contributed by atoms with Crippen molar-refractivity contribution in [3.05, 3.63) is 59.1 Å². The zero-order valence-electron chi connectivity index (χ0n) is 13.3. The van der Waals surface area contributed by atoms with Crippen LogP contribution < -0.4 is 15.5 Å². The molecule has 1 fully saturated rings. The molecule has 2 aromatic rings. The predicted octanol–water partition coefficient (Wildman–Crippen LogP) is 3.50. The van der Waals surface area contributed by atoms with Gasteiger partial charge in [0.2, 0.25) is 0 Å². The highest BCUT2D eigenvalue weighted by atomic mass is 35.5. The molecule has 0 saturated carbocycles. The van der Waals surface area contributed by atoms with Gasteiger partial charge in [-0.15, -0.1) is 0 Å². The molecule has 1 saturated heterocycles. The van der Waals surface area contributed by atoms with Gasteiger partial charge in [-0.05, 0) is 23.8 Å². The number of carbonyl (C=O) groups is 1. The van der Waals surface area contributed by atoms with Crippen LogP contribution in [0.5, 0.6) is 0 Å². The van der Waals surface area contributed by atoms with Crippen molar-refractivity contribution in [2.24, 2.45) is 0 Å². The van der Waals surface area contributed by atoms with E-state index in [2.05, 4.69) is 15.5 Å². The zero-order chi connectivity index (χ0) is 16.8. The number of morpholine rings is 1. The molecule has 2 aromatic carbocycles.